The summed E-state index contributed by atoms with van der Waals surface area (Å²) in [5, 5.41) is 6.04. The van der Waals surface area contributed by atoms with Crippen molar-refractivity contribution in [3.63, 3.8) is 0 Å². The van der Waals surface area contributed by atoms with Crippen molar-refractivity contribution < 1.29 is 0 Å². The van der Waals surface area contributed by atoms with E-state index >= 15 is 0 Å². The van der Waals surface area contributed by atoms with Gasteiger partial charge < -0.3 is 16.4 Å². The highest BCUT2D eigenvalue weighted by Crippen LogP contribution is 2.22. The molecule has 0 fully saturated rings. The van der Waals surface area contributed by atoms with E-state index in [0.29, 0.717) is 5.95 Å². The van der Waals surface area contributed by atoms with Crippen LogP contribution in [0.5, 0.6) is 0 Å². The molecule has 0 bridgehead atoms. The number of rotatable bonds is 3. The largest absolute Gasteiger partial charge is 0.393 e. The van der Waals surface area contributed by atoms with Gasteiger partial charge in [0.1, 0.15) is 5.69 Å². The second kappa shape index (κ2) is 4.56. The van der Waals surface area contributed by atoms with Crippen LogP contribution in [-0.2, 0) is 0 Å². The van der Waals surface area contributed by atoms with Gasteiger partial charge in [0.05, 0.1) is 17.6 Å². The Morgan fingerprint density at radius 2 is 2.00 bits per heavy atom. The fourth-order valence-corrected chi connectivity index (χ4v) is 1.41. The van der Waals surface area contributed by atoms with E-state index < -0.39 is 0 Å². The number of para-hydroxylation sites is 2. The summed E-state index contributed by atoms with van der Waals surface area (Å²) in [5.74, 6) is 0.354. The minimum atomic E-state index is -0.357. The van der Waals surface area contributed by atoms with E-state index in [-0.39, 0.29) is 11.2 Å². The summed E-state index contributed by atoms with van der Waals surface area (Å²) in [6.07, 6.45) is 1.32. The molecule has 1 aromatic heterocycles. The van der Waals surface area contributed by atoms with Gasteiger partial charge in [0.25, 0.3) is 5.56 Å². The monoisotopic (exact) mass is 231 g/mol. The highest BCUT2D eigenvalue weighted by Gasteiger charge is 2.02. The maximum atomic E-state index is 11.3. The molecular weight excluding hydrogens is 218 g/mol. The lowest BCUT2D eigenvalue weighted by Gasteiger charge is -2.10. The Labute approximate surface area is 97.9 Å². The summed E-state index contributed by atoms with van der Waals surface area (Å²) in [6.45, 7) is 0. The summed E-state index contributed by atoms with van der Waals surface area (Å²) in [7, 11) is 1.82. The summed E-state index contributed by atoms with van der Waals surface area (Å²) in [4.78, 5) is 17.8. The van der Waals surface area contributed by atoms with Crippen LogP contribution in [-0.4, -0.2) is 17.0 Å². The van der Waals surface area contributed by atoms with Crippen LogP contribution in [0.15, 0.2) is 35.3 Å². The Hall–Kier alpha value is -2.50. The summed E-state index contributed by atoms with van der Waals surface area (Å²) in [5.41, 5.74) is 6.86. The number of benzene rings is 1. The number of nitrogens with one attached hydrogen (secondary N) is 3. The first-order chi connectivity index (χ1) is 8.20. The van der Waals surface area contributed by atoms with Crippen LogP contribution in [0.1, 0.15) is 0 Å². The molecule has 0 aliphatic rings. The fraction of sp³-hybridized carbons (Fsp3) is 0.0909. The van der Waals surface area contributed by atoms with E-state index in [1.165, 1.54) is 6.20 Å². The Morgan fingerprint density at radius 1 is 1.29 bits per heavy atom. The van der Waals surface area contributed by atoms with Crippen molar-refractivity contribution in [3.05, 3.63) is 40.8 Å². The Balaban J connectivity index is 2.31. The van der Waals surface area contributed by atoms with E-state index in [2.05, 4.69) is 20.6 Å². The highest BCUT2D eigenvalue weighted by atomic mass is 16.1. The van der Waals surface area contributed by atoms with Crippen LogP contribution in [0.4, 0.5) is 23.0 Å². The molecule has 0 atom stereocenters. The second-order valence-corrected chi connectivity index (χ2v) is 3.44. The third kappa shape index (κ3) is 2.36. The first kappa shape index (κ1) is 11.0. The van der Waals surface area contributed by atoms with Crippen LogP contribution in [0.3, 0.4) is 0 Å². The van der Waals surface area contributed by atoms with Crippen LogP contribution in [0.25, 0.3) is 0 Å². The molecule has 5 N–H and O–H groups in total. The van der Waals surface area contributed by atoms with Crippen molar-refractivity contribution in [3.8, 4) is 0 Å². The molecule has 1 aromatic carbocycles. The average Bonchev–Trinajstić information content (AvgIpc) is 2.34. The number of anilines is 4. The molecule has 88 valence electrons. The number of nitrogens with zero attached hydrogens (tertiary/aromatic N) is 1. The van der Waals surface area contributed by atoms with Crippen LogP contribution >= 0.6 is 0 Å². The average molecular weight is 231 g/mol. The third-order valence-corrected chi connectivity index (χ3v) is 2.28. The van der Waals surface area contributed by atoms with Gasteiger partial charge in [-0.25, -0.2) is 4.98 Å². The molecule has 0 aliphatic heterocycles. The summed E-state index contributed by atoms with van der Waals surface area (Å²) < 4.78 is 0. The number of aromatic amines is 1. The van der Waals surface area contributed by atoms with Crippen molar-refractivity contribution >= 4 is 23.0 Å². The Morgan fingerprint density at radius 3 is 2.65 bits per heavy atom. The number of hydrogen-bond acceptors (Lipinski definition) is 5. The fourth-order valence-electron chi connectivity index (χ4n) is 1.41. The lowest BCUT2D eigenvalue weighted by molar-refractivity contribution is 1.13. The maximum Gasteiger partial charge on any atom is 0.275 e. The molecule has 0 saturated heterocycles. The zero-order valence-electron chi connectivity index (χ0n) is 9.32. The van der Waals surface area contributed by atoms with Crippen molar-refractivity contribution in [2.45, 2.75) is 0 Å². The van der Waals surface area contributed by atoms with Crippen molar-refractivity contribution in [1.29, 1.82) is 0 Å². The lowest BCUT2D eigenvalue weighted by Crippen LogP contribution is -2.14. The van der Waals surface area contributed by atoms with E-state index in [1.807, 2.05) is 31.3 Å². The minimum absolute atomic E-state index is 0.0949. The number of H-pyrrole nitrogens is 1. The zero-order valence-corrected chi connectivity index (χ0v) is 9.32. The molecule has 0 unspecified atom stereocenters. The van der Waals surface area contributed by atoms with Crippen molar-refractivity contribution in [2.24, 2.45) is 0 Å². The number of aromatic nitrogens is 2. The highest BCUT2D eigenvalue weighted by molar-refractivity contribution is 5.71. The molecule has 17 heavy (non-hydrogen) atoms. The summed E-state index contributed by atoms with van der Waals surface area (Å²) >= 11 is 0. The first-order valence-electron chi connectivity index (χ1n) is 5.09. The molecule has 0 aliphatic carbocycles. The molecule has 6 heteroatoms. The third-order valence-electron chi connectivity index (χ3n) is 2.28. The normalized spacial score (nSPS) is 9.94. The topological polar surface area (TPSA) is 95.8 Å². The van der Waals surface area contributed by atoms with Crippen LogP contribution < -0.4 is 21.9 Å². The molecule has 2 aromatic rings. The predicted molar refractivity (Wildman–Crippen MR) is 68.5 cm³/mol. The first-order valence-corrected chi connectivity index (χ1v) is 5.09. The Kier molecular flexibility index (Phi) is 2.95. The predicted octanol–water partition coefficient (Wildman–Crippen LogP) is 1.14. The standard InChI is InChI=1S/C11H13N5O/c1-13-8-4-2-3-5-9(8)15-11-14-6-7(12)10(17)16-11/h2-6,13H,12H2,1H3,(H2,14,15,16,17). The van der Waals surface area contributed by atoms with Crippen molar-refractivity contribution in [1.82, 2.24) is 9.97 Å². The van der Waals surface area contributed by atoms with E-state index in [4.69, 9.17) is 5.73 Å². The maximum absolute atomic E-state index is 11.3. The Bertz CT molecular complexity index is 578. The van der Waals surface area contributed by atoms with Gasteiger partial charge in [-0.1, -0.05) is 12.1 Å². The molecule has 0 amide bonds. The van der Waals surface area contributed by atoms with Crippen LogP contribution in [0.2, 0.25) is 0 Å². The molecule has 0 saturated carbocycles. The SMILES string of the molecule is CNc1ccccc1Nc1ncc(N)c(=O)[nH]1. The van der Waals surface area contributed by atoms with E-state index in [0.717, 1.165) is 11.4 Å². The van der Waals surface area contributed by atoms with E-state index in [9.17, 15) is 4.79 Å². The molecule has 2 rings (SSSR count). The van der Waals surface area contributed by atoms with E-state index in [1.54, 1.807) is 0 Å². The van der Waals surface area contributed by atoms with Gasteiger partial charge in [0.15, 0.2) is 0 Å². The number of nitrogen functional groups attached to an aromatic ring is 1. The van der Waals surface area contributed by atoms with Gasteiger partial charge in [-0.15, -0.1) is 0 Å². The smallest absolute Gasteiger partial charge is 0.275 e. The van der Waals surface area contributed by atoms with Gasteiger partial charge in [-0.3, -0.25) is 9.78 Å². The van der Waals surface area contributed by atoms with Gasteiger partial charge in [0.2, 0.25) is 5.95 Å². The van der Waals surface area contributed by atoms with Crippen LogP contribution in [0, 0.1) is 0 Å². The zero-order chi connectivity index (χ0) is 12.3. The van der Waals surface area contributed by atoms with Gasteiger partial charge >= 0.3 is 0 Å². The van der Waals surface area contributed by atoms with Gasteiger partial charge in [-0.2, -0.15) is 0 Å². The molecule has 1 heterocycles. The quantitative estimate of drug-likeness (QED) is 0.635. The molecule has 0 spiro atoms. The molecule has 0 radical (unpaired) electrons. The number of nitrogens with two attached hydrogens (primary N) is 1. The number of hydrogen-bond donors (Lipinski definition) is 4. The van der Waals surface area contributed by atoms with Crippen molar-refractivity contribution in [2.75, 3.05) is 23.4 Å². The van der Waals surface area contributed by atoms with Gasteiger partial charge in [-0.05, 0) is 12.1 Å². The summed E-state index contributed by atoms with van der Waals surface area (Å²) in [6, 6.07) is 7.59. The van der Waals surface area contributed by atoms with Gasteiger partial charge in [0, 0.05) is 7.05 Å². The lowest BCUT2D eigenvalue weighted by atomic mass is 10.2. The molecule has 6 nitrogen and oxygen atoms in total. The minimum Gasteiger partial charge on any atom is -0.393 e. The second-order valence-electron chi connectivity index (χ2n) is 3.44. The molecular formula is C11H13N5O.